The molecule has 3 aromatic rings. The van der Waals surface area contributed by atoms with E-state index in [1.165, 1.54) is 6.33 Å². The first kappa shape index (κ1) is 17.9. The summed E-state index contributed by atoms with van der Waals surface area (Å²) >= 11 is 5.92. The number of hydrogen-bond acceptors (Lipinski definition) is 4. The number of hydrogen-bond donors (Lipinski definition) is 2. The Hall–Kier alpha value is -2.86. The van der Waals surface area contributed by atoms with Crippen molar-refractivity contribution in [1.82, 2.24) is 20.1 Å². The molecule has 1 amide bonds. The van der Waals surface area contributed by atoms with Crippen LogP contribution in [0, 0.1) is 0 Å². The molecule has 0 aliphatic carbocycles. The van der Waals surface area contributed by atoms with Crippen molar-refractivity contribution in [3.63, 3.8) is 0 Å². The molecule has 1 unspecified atom stereocenters. The molecule has 2 aromatic carbocycles. The lowest BCUT2D eigenvalue weighted by Crippen LogP contribution is -2.33. The van der Waals surface area contributed by atoms with E-state index in [0.717, 1.165) is 23.4 Å². The van der Waals surface area contributed by atoms with E-state index in [4.69, 9.17) is 11.6 Å². The van der Waals surface area contributed by atoms with E-state index < -0.39 is 0 Å². The summed E-state index contributed by atoms with van der Waals surface area (Å²) in [7, 11) is 0. The van der Waals surface area contributed by atoms with Crippen molar-refractivity contribution in [2.45, 2.75) is 19.4 Å². The van der Waals surface area contributed by atoms with Gasteiger partial charge in [-0.2, -0.15) is 5.10 Å². The Kier molecular flexibility index (Phi) is 5.86. The SMILES string of the molecule is CCC(NC(=O)CNc1ccc(-n2cncn2)cc1)c1ccc(Cl)cc1. The number of amides is 1. The second-order valence-corrected chi connectivity index (χ2v) is 6.26. The van der Waals surface area contributed by atoms with Crippen LogP contribution in [0.3, 0.4) is 0 Å². The summed E-state index contributed by atoms with van der Waals surface area (Å²) in [6, 6.07) is 15.1. The van der Waals surface area contributed by atoms with Gasteiger partial charge in [0, 0.05) is 10.7 Å². The van der Waals surface area contributed by atoms with Crippen molar-refractivity contribution in [2.24, 2.45) is 0 Å². The van der Waals surface area contributed by atoms with Gasteiger partial charge in [-0.05, 0) is 48.4 Å². The highest BCUT2D eigenvalue weighted by Crippen LogP contribution is 2.19. The molecule has 0 saturated carbocycles. The van der Waals surface area contributed by atoms with Crippen molar-refractivity contribution in [3.8, 4) is 5.69 Å². The van der Waals surface area contributed by atoms with Crippen molar-refractivity contribution in [2.75, 3.05) is 11.9 Å². The summed E-state index contributed by atoms with van der Waals surface area (Å²) in [5.41, 5.74) is 2.82. The van der Waals surface area contributed by atoms with Gasteiger partial charge >= 0.3 is 0 Å². The van der Waals surface area contributed by atoms with Crippen molar-refractivity contribution in [1.29, 1.82) is 0 Å². The molecule has 1 aromatic heterocycles. The van der Waals surface area contributed by atoms with Crippen molar-refractivity contribution < 1.29 is 4.79 Å². The monoisotopic (exact) mass is 369 g/mol. The van der Waals surface area contributed by atoms with Gasteiger partial charge in [-0.3, -0.25) is 4.79 Å². The molecule has 0 aliphatic heterocycles. The standard InChI is InChI=1S/C19H20ClN5O/c1-2-18(14-3-5-15(20)6-4-14)24-19(26)11-22-16-7-9-17(10-8-16)25-13-21-12-23-25/h3-10,12-13,18,22H,2,11H2,1H3,(H,24,26). The summed E-state index contributed by atoms with van der Waals surface area (Å²) in [6.07, 6.45) is 3.93. The van der Waals surface area contributed by atoms with Gasteiger partial charge in [-0.1, -0.05) is 30.7 Å². The Morgan fingerprint density at radius 1 is 1.15 bits per heavy atom. The molecule has 0 bridgehead atoms. The molecule has 0 fully saturated rings. The highest BCUT2D eigenvalue weighted by atomic mass is 35.5. The molecule has 134 valence electrons. The van der Waals surface area contributed by atoms with E-state index in [1.807, 2.05) is 55.5 Å². The predicted octanol–water partition coefficient (Wildman–Crippen LogP) is 3.60. The fourth-order valence-corrected chi connectivity index (χ4v) is 2.74. The molecule has 6 nitrogen and oxygen atoms in total. The van der Waals surface area contributed by atoms with E-state index in [9.17, 15) is 4.79 Å². The molecule has 1 atom stereocenters. The fraction of sp³-hybridized carbons (Fsp3) is 0.211. The Balaban J connectivity index is 1.54. The van der Waals surface area contributed by atoms with Crippen LogP contribution in [0.2, 0.25) is 5.02 Å². The van der Waals surface area contributed by atoms with Gasteiger partial charge in [0.25, 0.3) is 0 Å². The lowest BCUT2D eigenvalue weighted by atomic mass is 10.0. The van der Waals surface area contributed by atoms with Gasteiger partial charge in [-0.15, -0.1) is 0 Å². The van der Waals surface area contributed by atoms with Crippen LogP contribution in [0.5, 0.6) is 0 Å². The van der Waals surface area contributed by atoms with Crippen molar-refractivity contribution in [3.05, 3.63) is 71.8 Å². The number of anilines is 1. The van der Waals surface area contributed by atoms with Gasteiger partial charge in [-0.25, -0.2) is 9.67 Å². The first-order chi connectivity index (χ1) is 12.7. The molecule has 7 heteroatoms. The van der Waals surface area contributed by atoms with Crippen LogP contribution >= 0.6 is 11.6 Å². The van der Waals surface area contributed by atoms with Crippen LogP contribution in [0.15, 0.2) is 61.2 Å². The zero-order valence-corrected chi connectivity index (χ0v) is 15.1. The summed E-state index contributed by atoms with van der Waals surface area (Å²) in [4.78, 5) is 16.2. The average molecular weight is 370 g/mol. The van der Waals surface area contributed by atoms with E-state index in [1.54, 1.807) is 11.0 Å². The van der Waals surface area contributed by atoms with Crippen LogP contribution in [0.4, 0.5) is 5.69 Å². The van der Waals surface area contributed by atoms with Gasteiger partial charge in [0.1, 0.15) is 12.7 Å². The zero-order valence-electron chi connectivity index (χ0n) is 14.4. The third-order valence-electron chi connectivity index (χ3n) is 4.02. The highest BCUT2D eigenvalue weighted by molar-refractivity contribution is 6.30. The minimum absolute atomic E-state index is 0.0312. The maximum Gasteiger partial charge on any atom is 0.239 e. The van der Waals surface area contributed by atoms with E-state index in [0.29, 0.717) is 5.02 Å². The summed E-state index contributed by atoms with van der Waals surface area (Å²) < 4.78 is 1.68. The molecular formula is C19H20ClN5O. The lowest BCUT2D eigenvalue weighted by Gasteiger charge is -2.18. The maximum atomic E-state index is 12.3. The molecule has 1 heterocycles. The topological polar surface area (TPSA) is 71.8 Å². The van der Waals surface area contributed by atoms with Crippen LogP contribution in [0.25, 0.3) is 5.69 Å². The summed E-state index contributed by atoms with van der Waals surface area (Å²) in [6.45, 7) is 2.24. The fourth-order valence-electron chi connectivity index (χ4n) is 2.62. The number of halogens is 1. The number of rotatable bonds is 7. The van der Waals surface area contributed by atoms with Gasteiger partial charge in [0.15, 0.2) is 0 Å². The second-order valence-electron chi connectivity index (χ2n) is 5.82. The predicted molar refractivity (Wildman–Crippen MR) is 102 cm³/mol. The lowest BCUT2D eigenvalue weighted by molar-refractivity contribution is -0.120. The number of carbonyl (C=O) groups excluding carboxylic acids is 1. The maximum absolute atomic E-state index is 12.3. The van der Waals surface area contributed by atoms with Crippen LogP contribution in [-0.2, 0) is 4.79 Å². The first-order valence-electron chi connectivity index (χ1n) is 8.39. The largest absolute Gasteiger partial charge is 0.376 e. The highest BCUT2D eigenvalue weighted by Gasteiger charge is 2.12. The van der Waals surface area contributed by atoms with Gasteiger partial charge in [0.05, 0.1) is 18.3 Å². The molecular weight excluding hydrogens is 350 g/mol. The Morgan fingerprint density at radius 3 is 2.50 bits per heavy atom. The third kappa shape index (κ3) is 4.61. The van der Waals surface area contributed by atoms with E-state index >= 15 is 0 Å². The smallest absolute Gasteiger partial charge is 0.239 e. The number of benzene rings is 2. The molecule has 0 aliphatic rings. The molecule has 3 rings (SSSR count). The van der Waals surface area contributed by atoms with Crippen molar-refractivity contribution >= 4 is 23.2 Å². The molecule has 0 saturated heterocycles. The number of nitrogens with one attached hydrogen (secondary N) is 2. The second kappa shape index (κ2) is 8.49. The molecule has 0 radical (unpaired) electrons. The zero-order chi connectivity index (χ0) is 18.4. The molecule has 2 N–H and O–H groups in total. The van der Waals surface area contributed by atoms with Crippen LogP contribution < -0.4 is 10.6 Å². The normalized spacial score (nSPS) is 11.8. The van der Waals surface area contributed by atoms with E-state index in [-0.39, 0.29) is 18.5 Å². The van der Waals surface area contributed by atoms with Crippen LogP contribution in [0.1, 0.15) is 24.9 Å². The molecule has 26 heavy (non-hydrogen) atoms. The Morgan fingerprint density at radius 2 is 1.88 bits per heavy atom. The third-order valence-corrected chi connectivity index (χ3v) is 4.27. The first-order valence-corrected chi connectivity index (χ1v) is 8.77. The number of nitrogens with zero attached hydrogens (tertiary/aromatic N) is 3. The van der Waals surface area contributed by atoms with Gasteiger partial charge < -0.3 is 10.6 Å². The quantitative estimate of drug-likeness (QED) is 0.667. The number of aromatic nitrogens is 3. The average Bonchev–Trinajstić information content (AvgIpc) is 3.20. The summed E-state index contributed by atoms with van der Waals surface area (Å²) in [5, 5.41) is 10.9. The molecule has 0 spiro atoms. The number of carbonyl (C=O) groups is 1. The van der Waals surface area contributed by atoms with Crippen LogP contribution in [-0.4, -0.2) is 27.2 Å². The minimum atomic E-state index is -0.0628. The Bertz CT molecular complexity index is 831. The van der Waals surface area contributed by atoms with Gasteiger partial charge in [0.2, 0.25) is 5.91 Å². The minimum Gasteiger partial charge on any atom is -0.376 e. The summed E-state index contributed by atoms with van der Waals surface area (Å²) in [5.74, 6) is -0.0628. The Labute approximate surface area is 157 Å². The van der Waals surface area contributed by atoms with E-state index in [2.05, 4.69) is 20.7 Å².